The number of nitrogens with zero attached hydrogens (tertiary/aromatic N) is 3. The highest BCUT2D eigenvalue weighted by Crippen LogP contribution is 2.38. The minimum atomic E-state index is -0.303. The molecule has 3 aromatic rings. The molecule has 0 atom stereocenters. The summed E-state index contributed by atoms with van der Waals surface area (Å²) in [5.74, 6) is -0.293. The van der Waals surface area contributed by atoms with E-state index in [4.69, 9.17) is 0 Å². The molecule has 5 nitrogen and oxygen atoms in total. The lowest BCUT2D eigenvalue weighted by Crippen LogP contribution is -1.95. The van der Waals surface area contributed by atoms with E-state index < -0.39 is 0 Å². The van der Waals surface area contributed by atoms with Gasteiger partial charge in [0.2, 0.25) is 5.88 Å². The number of carbonyl (C=O) groups is 1. The van der Waals surface area contributed by atoms with E-state index in [-0.39, 0.29) is 18.2 Å². The molecule has 0 spiro atoms. The summed E-state index contributed by atoms with van der Waals surface area (Å²) in [6.45, 7) is 1.97. The maximum absolute atomic E-state index is 12.0. The van der Waals surface area contributed by atoms with Crippen LogP contribution in [0.2, 0.25) is 0 Å². The molecule has 0 unspecified atom stereocenters. The molecule has 0 aliphatic carbocycles. The largest absolute Gasteiger partial charge is 0.493 e. The number of rotatable bonds is 4. The first-order valence-electron chi connectivity index (χ1n) is 7.83. The van der Waals surface area contributed by atoms with E-state index in [1.807, 2.05) is 55.5 Å². The van der Waals surface area contributed by atoms with Gasteiger partial charge in [-0.3, -0.25) is 4.79 Å². The van der Waals surface area contributed by atoms with Crippen LogP contribution in [0.5, 0.6) is 5.88 Å². The average molecular weight is 321 g/mol. The summed E-state index contributed by atoms with van der Waals surface area (Å²) in [7, 11) is 1.75. The molecule has 0 saturated heterocycles. The number of aromatic hydroxyl groups is 1. The van der Waals surface area contributed by atoms with Crippen LogP contribution in [0.15, 0.2) is 58.8 Å². The number of aryl methyl sites for hydroxylation is 3. The van der Waals surface area contributed by atoms with Gasteiger partial charge >= 0.3 is 0 Å². The van der Waals surface area contributed by atoms with Crippen LogP contribution in [0.25, 0.3) is 10.9 Å². The summed E-state index contributed by atoms with van der Waals surface area (Å²) < 4.78 is 1.64. The standard InChI is InChI=1S/C19H19N3O2/c1-13-8-10-16-15(12-13)18(19(24)22(16)2)21-20-17(23)11-9-14-6-4-3-5-7-14/h3-8,10,12,24H,9,11H2,1-2H3. The van der Waals surface area contributed by atoms with Crippen molar-refractivity contribution in [3.05, 3.63) is 59.7 Å². The van der Waals surface area contributed by atoms with Crippen molar-refractivity contribution in [2.24, 2.45) is 17.3 Å². The smallest absolute Gasteiger partial charge is 0.265 e. The molecule has 0 aliphatic heterocycles. The molecule has 5 heteroatoms. The zero-order chi connectivity index (χ0) is 17.1. The predicted octanol–water partition coefficient (Wildman–Crippen LogP) is 4.44. The summed E-state index contributed by atoms with van der Waals surface area (Å²) in [6.07, 6.45) is 0.914. The van der Waals surface area contributed by atoms with Gasteiger partial charge in [0.05, 0.1) is 5.52 Å². The van der Waals surface area contributed by atoms with E-state index in [1.54, 1.807) is 11.6 Å². The fourth-order valence-electron chi connectivity index (χ4n) is 2.68. The second kappa shape index (κ2) is 6.66. The molecular weight excluding hydrogens is 302 g/mol. The SMILES string of the molecule is Cc1ccc2c(c1)c(N=NC(=O)CCc1ccccc1)c(O)n2C. The van der Waals surface area contributed by atoms with Gasteiger partial charge in [-0.1, -0.05) is 42.0 Å². The zero-order valence-electron chi connectivity index (χ0n) is 13.7. The van der Waals surface area contributed by atoms with Gasteiger partial charge in [0, 0.05) is 18.9 Å². The van der Waals surface area contributed by atoms with Crippen molar-refractivity contribution >= 4 is 22.5 Å². The van der Waals surface area contributed by atoms with Crippen LogP contribution in [-0.4, -0.2) is 15.6 Å². The van der Waals surface area contributed by atoms with Gasteiger partial charge in [0.25, 0.3) is 5.91 Å². The number of azo groups is 1. The number of aromatic nitrogens is 1. The lowest BCUT2D eigenvalue weighted by atomic mass is 10.1. The second-order valence-corrected chi connectivity index (χ2v) is 5.83. The molecule has 1 heterocycles. The summed E-state index contributed by atoms with van der Waals surface area (Å²) in [6, 6.07) is 15.6. The van der Waals surface area contributed by atoms with Crippen molar-refractivity contribution < 1.29 is 9.90 Å². The number of hydrogen-bond donors (Lipinski definition) is 1. The van der Waals surface area contributed by atoms with Crippen molar-refractivity contribution in [2.75, 3.05) is 0 Å². The maximum atomic E-state index is 12.0. The Balaban J connectivity index is 1.79. The van der Waals surface area contributed by atoms with Crippen LogP contribution in [-0.2, 0) is 18.3 Å². The maximum Gasteiger partial charge on any atom is 0.265 e. The molecule has 0 fully saturated rings. The Hall–Kier alpha value is -2.95. The van der Waals surface area contributed by atoms with Crippen LogP contribution in [0.1, 0.15) is 17.5 Å². The van der Waals surface area contributed by atoms with E-state index in [9.17, 15) is 9.90 Å². The van der Waals surface area contributed by atoms with Gasteiger partial charge in [-0.2, -0.15) is 0 Å². The van der Waals surface area contributed by atoms with E-state index in [1.165, 1.54) is 0 Å². The van der Waals surface area contributed by atoms with Gasteiger partial charge < -0.3 is 9.67 Å². The number of amides is 1. The third-order valence-electron chi connectivity index (χ3n) is 4.03. The van der Waals surface area contributed by atoms with Crippen molar-refractivity contribution in [3.8, 4) is 5.88 Å². The molecule has 0 radical (unpaired) electrons. The minimum absolute atomic E-state index is 0.00945. The molecule has 0 aliphatic rings. The summed E-state index contributed by atoms with van der Waals surface area (Å²) in [5.41, 5.74) is 3.33. The number of hydrogen-bond acceptors (Lipinski definition) is 3. The number of carbonyl (C=O) groups excluding carboxylic acids is 1. The molecule has 0 bridgehead atoms. The van der Waals surface area contributed by atoms with E-state index >= 15 is 0 Å². The normalized spacial score (nSPS) is 11.4. The Labute approximate surface area is 140 Å². The molecule has 1 N–H and O–H groups in total. The first-order chi connectivity index (χ1) is 11.6. The summed E-state index contributed by atoms with van der Waals surface area (Å²) in [4.78, 5) is 12.0. The third-order valence-corrected chi connectivity index (χ3v) is 4.03. The van der Waals surface area contributed by atoms with Gasteiger partial charge in [0.1, 0.15) is 0 Å². The van der Waals surface area contributed by atoms with Crippen molar-refractivity contribution in [2.45, 2.75) is 19.8 Å². The molecule has 2 aromatic carbocycles. The van der Waals surface area contributed by atoms with Crippen molar-refractivity contribution in [1.29, 1.82) is 0 Å². The van der Waals surface area contributed by atoms with E-state index in [2.05, 4.69) is 10.2 Å². The van der Waals surface area contributed by atoms with Crippen LogP contribution in [0.3, 0.4) is 0 Å². The molecule has 3 rings (SSSR count). The van der Waals surface area contributed by atoms with Crippen molar-refractivity contribution in [1.82, 2.24) is 4.57 Å². The monoisotopic (exact) mass is 321 g/mol. The third kappa shape index (κ3) is 3.20. The van der Waals surface area contributed by atoms with Gasteiger partial charge in [-0.15, -0.1) is 10.2 Å². The van der Waals surface area contributed by atoms with E-state index in [0.29, 0.717) is 12.1 Å². The molecule has 1 amide bonds. The minimum Gasteiger partial charge on any atom is -0.493 e. The van der Waals surface area contributed by atoms with Crippen LogP contribution < -0.4 is 0 Å². The first-order valence-corrected chi connectivity index (χ1v) is 7.83. The Morgan fingerprint density at radius 2 is 1.92 bits per heavy atom. The van der Waals surface area contributed by atoms with Gasteiger partial charge in [-0.25, -0.2) is 0 Å². The molecule has 24 heavy (non-hydrogen) atoms. The summed E-state index contributed by atoms with van der Waals surface area (Å²) >= 11 is 0. The Morgan fingerprint density at radius 3 is 2.67 bits per heavy atom. The highest BCUT2D eigenvalue weighted by molar-refractivity contribution is 5.95. The molecule has 122 valence electrons. The highest BCUT2D eigenvalue weighted by atomic mass is 16.3. The van der Waals surface area contributed by atoms with E-state index in [0.717, 1.165) is 22.0 Å². The lowest BCUT2D eigenvalue weighted by Gasteiger charge is -1.97. The van der Waals surface area contributed by atoms with Crippen molar-refractivity contribution in [3.63, 3.8) is 0 Å². The Kier molecular flexibility index (Phi) is 4.42. The van der Waals surface area contributed by atoms with Crippen LogP contribution in [0.4, 0.5) is 5.69 Å². The Morgan fingerprint density at radius 1 is 1.17 bits per heavy atom. The topological polar surface area (TPSA) is 66.9 Å². The number of fused-ring (bicyclic) bond motifs is 1. The fourth-order valence-corrected chi connectivity index (χ4v) is 2.68. The quantitative estimate of drug-likeness (QED) is 0.722. The Bertz CT molecular complexity index is 911. The molecular formula is C19H19N3O2. The highest BCUT2D eigenvalue weighted by Gasteiger charge is 2.14. The lowest BCUT2D eigenvalue weighted by molar-refractivity contribution is -0.118. The van der Waals surface area contributed by atoms with Crippen LogP contribution in [0, 0.1) is 6.92 Å². The van der Waals surface area contributed by atoms with Crippen LogP contribution >= 0.6 is 0 Å². The van der Waals surface area contributed by atoms with Gasteiger partial charge in [0.15, 0.2) is 5.69 Å². The fraction of sp³-hybridized carbons (Fsp3) is 0.211. The average Bonchev–Trinajstić information content (AvgIpc) is 2.82. The van der Waals surface area contributed by atoms with Gasteiger partial charge in [-0.05, 0) is 31.0 Å². The molecule has 0 saturated carbocycles. The number of benzene rings is 2. The summed E-state index contributed by atoms with van der Waals surface area (Å²) in [5, 5.41) is 18.8. The first kappa shape index (κ1) is 15.9. The zero-order valence-corrected chi connectivity index (χ0v) is 13.7. The predicted molar refractivity (Wildman–Crippen MR) is 93.6 cm³/mol. The molecule has 1 aromatic heterocycles. The second-order valence-electron chi connectivity index (χ2n) is 5.83.